The average Bonchev–Trinajstić information content (AvgIpc) is 2.49. The lowest BCUT2D eigenvalue weighted by Crippen LogP contribution is -2.64. The van der Waals surface area contributed by atoms with Gasteiger partial charge in [0, 0.05) is 18.1 Å². The molecule has 1 aliphatic heterocycles. The molecule has 1 N–H and O–H groups in total. The van der Waals surface area contributed by atoms with Crippen LogP contribution < -0.4 is 5.32 Å². The molecule has 0 aromatic carbocycles. The molecule has 0 aromatic rings. The topological polar surface area (TPSA) is 41.6 Å². The fourth-order valence-electron chi connectivity index (χ4n) is 3.17. The zero-order chi connectivity index (χ0) is 12.8. The molecule has 0 aromatic heterocycles. The maximum atomic E-state index is 12.1. The van der Waals surface area contributed by atoms with Crippen molar-refractivity contribution in [2.75, 3.05) is 6.61 Å². The highest BCUT2D eigenvalue weighted by atomic mass is 16.5. The molecular formula is C13H24N2O2. The number of amides is 1. The number of nitrogens with one attached hydrogen (secondary N) is 1. The summed E-state index contributed by atoms with van der Waals surface area (Å²) in [4.78, 5) is 14.1. The van der Waals surface area contributed by atoms with Crippen molar-refractivity contribution >= 4 is 5.91 Å². The Morgan fingerprint density at radius 2 is 2.12 bits per heavy atom. The lowest BCUT2D eigenvalue weighted by Gasteiger charge is -2.55. The summed E-state index contributed by atoms with van der Waals surface area (Å²) in [5.41, 5.74) is 0.0612. The van der Waals surface area contributed by atoms with Gasteiger partial charge in [-0.3, -0.25) is 10.1 Å². The third-order valence-electron chi connectivity index (χ3n) is 4.36. The van der Waals surface area contributed by atoms with Gasteiger partial charge in [0.15, 0.2) is 0 Å². The Kier molecular flexibility index (Phi) is 3.21. The van der Waals surface area contributed by atoms with Gasteiger partial charge in [0.05, 0.1) is 18.3 Å². The molecule has 0 bridgehead atoms. The molecule has 2 rings (SSSR count). The third kappa shape index (κ3) is 1.87. The normalized spacial score (nSPS) is 40.5. The molecule has 1 saturated heterocycles. The molecule has 4 unspecified atom stereocenters. The summed E-state index contributed by atoms with van der Waals surface area (Å²) in [5, 5.41) is 3.29. The number of hydrogen-bond acceptors (Lipinski definition) is 3. The summed E-state index contributed by atoms with van der Waals surface area (Å²) in [7, 11) is 0. The minimum absolute atomic E-state index is 0.0491. The predicted octanol–water partition coefficient (Wildman–Crippen LogP) is 1.36. The van der Waals surface area contributed by atoms with Gasteiger partial charge in [-0.1, -0.05) is 13.8 Å². The van der Waals surface area contributed by atoms with Crippen molar-refractivity contribution in [2.45, 2.75) is 65.4 Å². The number of ether oxygens (including phenoxy) is 1. The van der Waals surface area contributed by atoms with Gasteiger partial charge < -0.3 is 9.64 Å². The molecule has 0 radical (unpaired) electrons. The van der Waals surface area contributed by atoms with Crippen molar-refractivity contribution in [2.24, 2.45) is 5.41 Å². The fourth-order valence-corrected chi connectivity index (χ4v) is 3.17. The van der Waals surface area contributed by atoms with Crippen LogP contribution in [-0.2, 0) is 9.53 Å². The summed E-state index contributed by atoms with van der Waals surface area (Å²) >= 11 is 0. The van der Waals surface area contributed by atoms with Gasteiger partial charge in [-0.15, -0.1) is 0 Å². The minimum atomic E-state index is -0.0491. The second-order valence-electron chi connectivity index (χ2n) is 5.83. The van der Waals surface area contributed by atoms with Crippen LogP contribution in [0.1, 0.15) is 41.0 Å². The van der Waals surface area contributed by atoms with E-state index in [2.05, 4.69) is 26.1 Å². The van der Waals surface area contributed by atoms with Crippen LogP contribution in [0.25, 0.3) is 0 Å². The van der Waals surface area contributed by atoms with Gasteiger partial charge in [0.2, 0.25) is 5.91 Å². The monoisotopic (exact) mass is 240 g/mol. The van der Waals surface area contributed by atoms with Crippen molar-refractivity contribution in [3.63, 3.8) is 0 Å². The molecule has 4 heteroatoms. The average molecular weight is 240 g/mol. The Labute approximate surface area is 104 Å². The number of carbonyl (C=O) groups excluding carboxylic acids is 1. The Balaban J connectivity index is 2.08. The maximum absolute atomic E-state index is 12.1. The van der Waals surface area contributed by atoms with E-state index in [4.69, 9.17) is 4.74 Å². The van der Waals surface area contributed by atoms with Crippen LogP contribution in [0, 0.1) is 5.41 Å². The molecule has 4 nitrogen and oxygen atoms in total. The van der Waals surface area contributed by atoms with Crippen LogP contribution in [0.4, 0.5) is 0 Å². The van der Waals surface area contributed by atoms with Gasteiger partial charge in [-0.2, -0.15) is 0 Å². The first-order valence-electron chi connectivity index (χ1n) is 6.59. The Hall–Kier alpha value is -0.610. The van der Waals surface area contributed by atoms with Crippen molar-refractivity contribution in [3.8, 4) is 0 Å². The summed E-state index contributed by atoms with van der Waals surface area (Å²) in [5.74, 6) is 0.227. The SMILES string of the molecule is CCOC1CC(N2C(=O)C(C)NC2C)C1(C)C. The van der Waals surface area contributed by atoms with Crippen LogP contribution in [0.15, 0.2) is 0 Å². The largest absolute Gasteiger partial charge is 0.378 e. The summed E-state index contributed by atoms with van der Waals surface area (Å²) in [6.45, 7) is 11.2. The van der Waals surface area contributed by atoms with E-state index in [1.165, 1.54) is 0 Å². The third-order valence-corrected chi connectivity index (χ3v) is 4.36. The molecule has 1 amide bonds. The van der Waals surface area contributed by atoms with E-state index >= 15 is 0 Å². The first-order chi connectivity index (χ1) is 7.89. The van der Waals surface area contributed by atoms with Crippen molar-refractivity contribution in [1.82, 2.24) is 10.2 Å². The standard InChI is InChI=1S/C13H24N2O2/c1-6-17-11-7-10(13(11,4)5)15-9(3)14-8(2)12(15)16/h8-11,14H,6-7H2,1-5H3. The lowest BCUT2D eigenvalue weighted by molar-refractivity contribution is -0.167. The second kappa shape index (κ2) is 4.25. The highest BCUT2D eigenvalue weighted by molar-refractivity contribution is 5.84. The molecule has 0 spiro atoms. The molecular weight excluding hydrogens is 216 g/mol. The van der Waals surface area contributed by atoms with Crippen LogP contribution >= 0.6 is 0 Å². The Morgan fingerprint density at radius 3 is 2.53 bits per heavy atom. The fraction of sp³-hybridized carbons (Fsp3) is 0.923. The van der Waals surface area contributed by atoms with E-state index in [0.717, 1.165) is 13.0 Å². The van der Waals surface area contributed by atoms with Gasteiger partial charge in [0.1, 0.15) is 0 Å². The van der Waals surface area contributed by atoms with Crippen LogP contribution in [0.2, 0.25) is 0 Å². The lowest BCUT2D eigenvalue weighted by atomic mass is 9.63. The Morgan fingerprint density at radius 1 is 1.47 bits per heavy atom. The van der Waals surface area contributed by atoms with E-state index < -0.39 is 0 Å². The minimum Gasteiger partial charge on any atom is -0.378 e. The quantitative estimate of drug-likeness (QED) is 0.810. The van der Waals surface area contributed by atoms with Crippen LogP contribution in [0.3, 0.4) is 0 Å². The molecule has 1 aliphatic carbocycles. The zero-order valence-electron chi connectivity index (χ0n) is 11.5. The van der Waals surface area contributed by atoms with Crippen LogP contribution in [-0.4, -0.2) is 41.8 Å². The molecule has 98 valence electrons. The van der Waals surface area contributed by atoms with Gasteiger partial charge in [-0.05, 0) is 27.2 Å². The van der Waals surface area contributed by atoms with Gasteiger partial charge in [-0.25, -0.2) is 0 Å². The maximum Gasteiger partial charge on any atom is 0.240 e. The van der Waals surface area contributed by atoms with E-state index in [1.807, 2.05) is 18.7 Å². The van der Waals surface area contributed by atoms with Crippen molar-refractivity contribution < 1.29 is 9.53 Å². The predicted molar refractivity (Wildman–Crippen MR) is 66.5 cm³/mol. The zero-order valence-corrected chi connectivity index (χ0v) is 11.5. The highest BCUT2D eigenvalue weighted by Crippen LogP contribution is 2.47. The molecule has 4 atom stereocenters. The molecule has 1 heterocycles. The molecule has 2 fully saturated rings. The Bertz CT molecular complexity index is 317. The first-order valence-corrected chi connectivity index (χ1v) is 6.59. The van der Waals surface area contributed by atoms with Gasteiger partial charge in [0.25, 0.3) is 0 Å². The molecule has 17 heavy (non-hydrogen) atoms. The van der Waals surface area contributed by atoms with Gasteiger partial charge >= 0.3 is 0 Å². The number of nitrogens with zero attached hydrogens (tertiary/aromatic N) is 1. The number of rotatable bonds is 3. The molecule has 2 aliphatic rings. The van der Waals surface area contributed by atoms with Crippen LogP contribution in [0.5, 0.6) is 0 Å². The number of hydrogen-bond donors (Lipinski definition) is 1. The molecule has 1 saturated carbocycles. The van der Waals surface area contributed by atoms with Crippen molar-refractivity contribution in [1.29, 1.82) is 0 Å². The smallest absolute Gasteiger partial charge is 0.240 e. The first kappa shape index (κ1) is 12.8. The summed E-state index contributed by atoms with van der Waals surface area (Å²) < 4.78 is 5.72. The number of carbonyl (C=O) groups is 1. The van der Waals surface area contributed by atoms with E-state index in [1.54, 1.807) is 0 Å². The van der Waals surface area contributed by atoms with E-state index in [0.29, 0.717) is 6.04 Å². The second-order valence-corrected chi connectivity index (χ2v) is 5.83. The summed E-state index contributed by atoms with van der Waals surface area (Å²) in [6, 6.07) is 0.256. The van der Waals surface area contributed by atoms with E-state index in [-0.39, 0.29) is 29.6 Å². The summed E-state index contributed by atoms with van der Waals surface area (Å²) in [6.07, 6.45) is 1.39. The highest BCUT2D eigenvalue weighted by Gasteiger charge is 2.55. The van der Waals surface area contributed by atoms with E-state index in [9.17, 15) is 4.79 Å². The van der Waals surface area contributed by atoms with Crippen molar-refractivity contribution in [3.05, 3.63) is 0 Å².